The Morgan fingerprint density at radius 3 is 2.09 bits per heavy atom. The predicted octanol–water partition coefficient (Wildman–Crippen LogP) is 10.4. The molecule has 5 rings (SSSR count). The smallest absolute Gasteiger partial charge is 0.297 e. The fourth-order valence-electron chi connectivity index (χ4n) is 5.92. The summed E-state index contributed by atoms with van der Waals surface area (Å²) in [5, 5.41) is 8.32. The number of carbonyl (C=O) groups is 2. The van der Waals surface area contributed by atoms with Crippen molar-refractivity contribution >= 4 is 73.8 Å². The minimum atomic E-state index is -4.31. The maximum atomic E-state index is 13.8. The van der Waals surface area contributed by atoms with E-state index in [1.165, 1.54) is 54.1 Å². The number of ether oxygens (including phenoxy) is 1. The summed E-state index contributed by atoms with van der Waals surface area (Å²) in [6, 6.07) is 22.4. The minimum Gasteiger partial charge on any atom is -0.480 e. The van der Waals surface area contributed by atoms with Gasteiger partial charge in [-0.25, -0.2) is 13.1 Å². The Bertz CT molecular complexity index is 2440. The molecular formula is C42H46Cl3N5O6S. The van der Waals surface area contributed by atoms with Gasteiger partial charge >= 0.3 is 0 Å². The second-order valence-corrected chi connectivity index (χ2v) is 17.8. The molecule has 4 aromatic carbocycles. The lowest BCUT2D eigenvalue weighted by Gasteiger charge is -2.31. The van der Waals surface area contributed by atoms with Gasteiger partial charge in [0.15, 0.2) is 17.6 Å². The number of nitrogens with one attached hydrogen (secondary N) is 4. The number of aromatic amines is 1. The molecule has 0 saturated carbocycles. The first kappa shape index (κ1) is 43.4. The molecule has 0 aliphatic carbocycles. The van der Waals surface area contributed by atoms with Crippen LogP contribution < -0.4 is 25.7 Å². The summed E-state index contributed by atoms with van der Waals surface area (Å²) in [6.07, 6.45) is 1.34. The number of aromatic nitrogens is 2. The number of H-pyrrole nitrogens is 1. The fraction of sp³-hybridized carbons (Fsp3) is 0.310. The van der Waals surface area contributed by atoms with Crippen LogP contribution in [0.1, 0.15) is 89.2 Å². The van der Waals surface area contributed by atoms with Gasteiger partial charge in [-0.05, 0) is 84.2 Å². The van der Waals surface area contributed by atoms with Crippen LogP contribution in [0.2, 0.25) is 15.1 Å². The second kappa shape index (κ2) is 17.4. The molecule has 0 saturated heterocycles. The van der Waals surface area contributed by atoms with E-state index in [1.807, 2.05) is 13.0 Å². The normalized spacial score (nSPS) is 12.5. The Morgan fingerprint density at radius 2 is 1.47 bits per heavy atom. The first-order chi connectivity index (χ1) is 26.8. The van der Waals surface area contributed by atoms with Gasteiger partial charge in [0.05, 0.1) is 14.9 Å². The van der Waals surface area contributed by atoms with Gasteiger partial charge in [0.25, 0.3) is 27.4 Å². The lowest BCUT2D eigenvalue weighted by molar-refractivity contribution is -0.122. The molecule has 0 aliphatic rings. The van der Waals surface area contributed by atoms with E-state index in [2.05, 4.69) is 74.1 Å². The van der Waals surface area contributed by atoms with E-state index in [9.17, 15) is 22.8 Å². The predicted molar refractivity (Wildman–Crippen MR) is 229 cm³/mol. The zero-order valence-electron chi connectivity index (χ0n) is 32.7. The monoisotopic (exact) mass is 853 g/mol. The van der Waals surface area contributed by atoms with Crippen molar-refractivity contribution in [1.29, 1.82) is 0 Å². The van der Waals surface area contributed by atoms with Crippen LogP contribution in [0.5, 0.6) is 5.75 Å². The van der Waals surface area contributed by atoms with Gasteiger partial charge in [-0.1, -0.05) is 120 Å². The number of nitrogens with zero attached hydrogens (tertiary/aromatic N) is 1. The molecule has 57 heavy (non-hydrogen) atoms. The van der Waals surface area contributed by atoms with Crippen LogP contribution in [0.25, 0.3) is 5.69 Å². The Balaban J connectivity index is 1.43. The van der Waals surface area contributed by atoms with E-state index in [0.29, 0.717) is 17.9 Å². The molecule has 11 nitrogen and oxygen atoms in total. The lowest BCUT2D eigenvalue weighted by Crippen LogP contribution is -2.33. The molecule has 2 amide bonds. The summed E-state index contributed by atoms with van der Waals surface area (Å²) in [7, 11) is -4.31. The lowest BCUT2D eigenvalue weighted by atomic mass is 9.76. The van der Waals surface area contributed by atoms with Crippen molar-refractivity contribution in [3.05, 3.63) is 127 Å². The molecule has 0 aliphatic heterocycles. The number of benzene rings is 4. The van der Waals surface area contributed by atoms with Gasteiger partial charge in [0.1, 0.15) is 11.4 Å². The first-order valence-electron chi connectivity index (χ1n) is 18.4. The third-order valence-electron chi connectivity index (χ3n) is 10.2. The van der Waals surface area contributed by atoms with Crippen molar-refractivity contribution in [2.75, 3.05) is 15.4 Å². The molecule has 15 heteroatoms. The fourth-order valence-corrected chi connectivity index (χ4v) is 8.00. The van der Waals surface area contributed by atoms with E-state index in [0.717, 1.165) is 23.1 Å². The largest absolute Gasteiger partial charge is 0.480 e. The number of rotatable bonds is 15. The molecule has 0 radical (unpaired) electrons. The number of hydrogen-bond donors (Lipinski definition) is 4. The molecule has 5 aromatic rings. The topological polar surface area (TPSA) is 151 Å². The molecular weight excluding hydrogens is 809 g/mol. The standard InChI is InChI=1S/C42H46Cl3N5O6S/c1-8-33(56-34-20-19-26(41(4,5)9-2)22-30(34)42(6,7)10-3)39(52)46-28-16-14-15-25(21-28)38(51)47-37-35(49-57(54,55)29-17-12-11-13-18-29)40(53)50(48-37)36-31(44)23-27(43)24-32(36)45/h11-24,33,48-49H,8-10H2,1-7H3,(H,46,52)(H,47,51). The highest BCUT2D eigenvalue weighted by molar-refractivity contribution is 7.92. The maximum absolute atomic E-state index is 13.8. The number of anilines is 3. The maximum Gasteiger partial charge on any atom is 0.297 e. The van der Waals surface area contributed by atoms with Crippen LogP contribution in [0.3, 0.4) is 0 Å². The minimum absolute atomic E-state index is 0.0215. The average Bonchev–Trinajstić information content (AvgIpc) is 3.45. The number of amides is 2. The molecule has 302 valence electrons. The van der Waals surface area contributed by atoms with Crippen LogP contribution >= 0.6 is 34.8 Å². The van der Waals surface area contributed by atoms with Crippen molar-refractivity contribution in [3.63, 3.8) is 0 Å². The summed E-state index contributed by atoms with van der Waals surface area (Å²) in [4.78, 5) is 41.1. The van der Waals surface area contributed by atoms with Gasteiger partial charge in [-0.15, -0.1) is 0 Å². The van der Waals surface area contributed by atoms with Crippen LogP contribution in [-0.4, -0.2) is 36.1 Å². The second-order valence-electron chi connectivity index (χ2n) is 14.9. The zero-order valence-corrected chi connectivity index (χ0v) is 35.8. The molecule has 0 fully saturated rings. The number of hydrogen-bond acceptors (Lipinski definition) is 6. The molecule has 1 atom stereocenters. The third-order valence-corrected chi connectivity index (χ3v) is 12.4. The molecule has 0 bridgehead atoms. The number of carbonyl (C=O) groups excluding carboxylic acids is 2. The number of halogens is 3. The van der Waals surface area contributed by atoms with Gasteiger partial charge < -0.3 is 15.4 Å². The SMILES string of the molecule is CCC(Oc1ccc(C(C)(C)CC)cc1C(C)(C)CC)C(=O)Nc1cccc(C(=O)Nc2[nH]n(-c3c(Cl)cc(Cl)cc3Cl)c(=O)c2NS(=O)(=O)c2ccccc2)c1. The summed E-state index contributed by atoms with van der Waals surface area (Å²) in [5.74, 6) is -0.824. The summed E-state index contributed by atoms with van der Waals surface area (Å²) >= 11 is 18.9. The van der Waals surface area contributed by atoms with Crippen molar-refractivity contribution in [3.8, 4) is 11.4 Å². The first-order valence-corrected chi connectivity index (χ1v) is 21.0. The van der Waals surface area contributed by atoms with Gasteiger partial charge in [-0.3, -0.25) is 24.2 Å². The average molecular weight is 855 g/mol. The third kappa shape index (κ3) is 9.69. The molecule has 1 unspecified atom stereocenters. The quantitative estimate of drug-likeness (QED) is 0.0823. The van der Waals surface area contributed by atoms with Gasteiger partial charge in [-0.2, -0.15) is 0 Å². The van der Waals surface area contributed by atoms with E-state index in [1.54, 1.807) is 18.2 Å². The van der Waals surface area contributed by atoms with Crippen molar-refractivity contribution < 1.29 is 22.7 Å². The highest BCUT2D eigenvalue weighted by atomic mass is 35.5. The van der Waals surface area contributed by atoms with Crippen LogP contribution in [0, 0.1) is 0 Å². The van der Waals surface area contributed by atoms with E-state index < -0.39 is 39.2 Å². The Morgan fingerprint density at radius 1 is 0.825 bits per heavy atom. The van der Waals surface area contributed by atoms with Gasteiger partial charge in [0.2, 0.25) is 0 Å². The van der Waals surface area contributed by atoms with Crippen LogP contribution in [0.15, 0.2) is 94.6 Å². The van der Waals surface area contributed by atoms with Crippen LogP contribution in [0.4, 0.5) is 17.2 Å². The van der Waals surface area contributed by atoms with E-state index in [-0.39, 0.29) is 47.9 Å². The van der Waals surface area contributed by atoms with Crippen LogP contribution in [-0.2, 0) is 25.6 Å². The van der Waals surface area contributed by atoms with Crippen molar-refractivity contribution in [2.24, 2.45) is 0 Å². The Hall–Kier alpha value is -4.75. The zero-order chi connectivity index (χ0) is 41.9. The summed E-state index contributed by atoms with van der Waals surface area (Å²) in [6.45, 7) is 14.9. The molecule has 0 spiro atoms. The number of sulfonamides is 1. The Labute approximate surface area is 348 Å². The van der Waals surface area contributed by atoms with E-state index in [4.69, 9.17) is 39.5 Å². The van der Waals surface area contributed by atoms with E-state index >= 15 is 0 Å². The summed E-state index contributed by atoms with van der Waals surface area (Å²) in [5.41, 5.74) is 0.881. The summed E-state index contributed by atoms with van der Waals surface area (Å²) < 4.78 is 36.3. The Kier molecular flexibility index (Phi) is 13.2. The highest BCUT2D eigenvalue weighted by Crippen LogP contribution is 2.39. The highest BCUT2D eigenvalue weighted by Gasteiger charge is 2.30. The molecule has 1 heterocycles. The molecule has 4 N–H and O–H groups in total. The van der Waals surface area contributed by atoms with Crippen molar-refractivity contribution in [1.82, 2.24) is 9.78 Å². The van der Waals surface area contributed by atoms with Gasteiger partial charge in [0, 0.05) is 21.8 Å². The molecule has 1 aromatic heterocycles. The van der Waals surface area contributed by atoms with Crippen molar-refractivity contribution in [2.45, 2.75) is 89.6 Å².